The van der Waals surface area contributed by atoms with Crippen LogP contribution in [0.25, 0.3) is 6.08 Å². The molecule has 8 atom stereocenters. The van der Waals surface area contributed by atoms with Gasteiger partial charge in [0.15, 0.2) is 0 Å². The van der Waals surface area contributed by atoms with Crippen molar-refractivity contribution in [3.8, 4) is 0 Å². The fourth-order valence-electron chi connectivity index (χ4n) is 8.33. The Morgan fingerprint density at radius 1 is 0.931 bits per heavy atom. The summed E-state index contributed by atoms with van der Waals surface area (Å²) in [5.74, 6) is 2.79. The van der Waals surface area contributed by atoms with E-state index >= 15 is 0 Å². The molecule has 2 N–H and O–H groups in total. The van der Waals surface area contributed by atoms with Crippen molar-refractivity contribution in [1.29, 1.82) is 0 Å². The fourth-order valence-corrected chi connectivity index (χ4v) is 8.33. The Hall–Kier alpha value is -1.12. The van der Waals surface area contributed by atoms with E-state index in [1.54, 1.807) is 0 Å². The van der Waals surface area contributed by atoms with Crippen LogP contribution in [0.15, 0.2) is 35.9 Å². The van der Waals surface area contributed by atoms with Crippen LogP contribution in [0.2, 0.25) is 0 Å². The van der Waals surface area contributed by atoms with E-state index in [4.69, 9.17) is 0 Å². The molecule has 1 aromatic carbocycles. The predicted molar refractivity (Wildman–Crippen MR) is 118 cm³/mol. The maximum Gasteiger partial charge on any atom is 0.0756 e. The summed E-state index contributed by atoms with van der Waals surface area (Å²) in [5.41, 5.74) is 2.33. The number of hydrogen-bond acceptors (Lipinski definition) is 2. The van der Waals surface area contributed by atoms with Gasteiger partial charge < -0.3 is 10.2 Å². The molecule has 5 rings (SSSR count). The minimum absolute atomic E-state index is 0.0915. The van der Waals surface area contributed by atoms with Gasteiger partial charge in [-0.2, -0.15) is 0 Å². The van der Waals surface area contributed by atoms with Gasteiger partial charge in [0.1, 0.15) is 0 Å². The Balaban J connectivity index is 1.46. The van der Waals surface area contributed by atoms with Crippen molar-refractivity contribution in [3.05, 3.63) is 41.5 Å². The number of aliphatic hydroxyl groups excluding tert-OH is 1. The second-order valence-electron chi connectivity index (χ2n) is 11.5. The molecule has 0 spiro atoms. The lowest BCUT2D eigenvalue weighted by Gasteiger charge is -2.61. The minimum atomic E-state index is -0.498. The van der Waals surface area contributed by atoms with Crippen molar-refractivity contribution in [2.24, 2.45) is 34.5 Å². The van der Waals surface area contributed by atoms with Crippen LogP contribution in [0.3, 0.4) is 0 Å². The lowest BCUT2D eigenvalue weighted by atomic mass is 9.44. The largest absolute Gasteiger partial charge is 0.390 e. The molecule has 0 bridgehead atoms. The number of hydrogen-bond donors (Lipinski definition) is 2. The molecule has 0 radical (unpaired) electrons. The average Bonchev–Trinajstić information content (AvgIpc) is 2.93. The first-order valence-corrected chi connectivity index (χ1v) is 11.9. The summed E-state index contributed by atoms with van der Waals surface area (Å²) >= 11 is 0. The zero-order valence-electron chi connectivity index (χ0n) is 18.4. The summed E-state index contributed by atoms with van der Waals surface area (Å²) in [4.78, 5) is 0. The molecule has 0 saturated heterocycles. The van der Waals surface area contributed by atoms with Crippen LogP contribution in [0.5, 0.6) is 0 Å². The van der Waals surface area contributed by atoms with Crippen molar-refractivity contribution in [2.75, 3.05) is 0 Å². The van der Waals surface area contributed by atoms with Gasteiger partial charge in [0.25, 0.3) is 0 Å². The van der Waals surface area contributed by atoms with E-state index in [9.17, 15) is 10.2 Å². The van der Waals surface area contributed by atoms with Crippen LogP contribution in [0.4, 0.5) is 0 Å². The highest BCUT2D eigenvalue weighted by molar-refractivity contribution is 5.54. The molecule has 2 heteroatoms. The fraction of sp³-hybridized carbons (Fsp3) is 0.704. The van der Waals surface area contributed by atoms with Crippen LogP contribution in [0, 0.1) is 34.5 Å². The highest BCUT2D eigenvalue weighted by Crippen LogP contribution is 2.68. The lowest BCUT2D eigenvalue weighted by Crippen LogP contribution is -2.56. The molecule has 0 aliphatic heterocycles. The second kappa shape index (κ2) is 6.69. The third-order valence-corrected chi connectivity index (χ3v) is 10.3. The zero-order valence-corrected chi connectivity index (χ0v) is 18.4. The van der Waals surface area contributed by atoms with Gasteiger partial charge in [0, 0.05) is 0 Å². The van der Waals surface area contributed by atoms with Crippen LogP contribution < -0.4 is 0 Å². The summed E-state index contributed by atoms with van der Waals surface area (Å²) in [6.45, 7) is 7.01. The van der Waals surface area contributed by atoms with E-state index in [2.05, 4.69) is 57.2 Å². The molecule has 4 aliphatic carbocycles. The molecule has 0 aromatic heterocycles. The Morgan fingerprint density at radius 2 is 1.66 bits per heavy atom. The van der Waals surface area contributed by atoms with Crippen molar-refractivity contribution < 1.29 is 10.2 Å². The smallest absolute Gasteiger partial charge is 0.0756 e. The molecular weight excluding hydrogens is 356 g/mol. The molecule has 8 unspecified atom stereocenters. The molecule has 29 heavy (non-hydrogen) atoms. The van der Waals surface area contributed by atoms with E-state index in [1.165, 1.54) is 36.8 Å². The Bertz CT molecular complexity index is 796. The normalized spacial score (nSPS) is 50.7. The first-order chi connectivity index (χ1) is 13.7. The summed E-state index contributed by atoms with van der Waals surface area (Å²) in [7, 11) is 0. The van der Waals surface area contributed by atoms with Crippen LogP contribution in [0.1, 0.15) is 77.7 Å². The lowest BCUT2D eigenvalue weighted by molar-refractivity contribution is -0.146. The third kappa shape index (κ3) is 2.89. The highest BCUT2D eigenvalue weighted by Gasteiger charge is 2.63. The van der Waals surface area contributed by atoms with Gasteiger partial charge in [-0.15, -0.1) is 0 Å². The maximum atomic E-state index is 11.1. The summed E-state index contributed by atoms with van der Waals surface area (Å²) in [6.07, 6.45) is 11.1. The number of fused-ring (bicyclic) bond motifs is 5. The van der Waals surface area contributed by atoms with Crippen molar-refractivity contribution in [2.45, 2.75) is 83.8 Å². The van der Waals surface area contributed by atoms with Gasteiger partial charge >= 0.3 is 0 Å². The first kappa shape index (κ1) is 19.8. The zero-order chi connectivity index (χ0) is 20.4. The molecule has 158 valence electrons. The first-order valence-electron chi connectivity index (χ1n) is 11.9. The minimum Gasteiger partial charge on any atom is -0.390 e. The number of benzene rings is 1. The highest BCUT2D eigenvalue weighted by atomic mass is 16.3. The molecule has 4 fully saturated rings. The Morgan fingerprint density at radius 3 is 2.41 bits per heavy atom. The van der Waals surface area contributed by atoms with Crippen molar-refractivity contribution >= 4 is 6.08 Å². The average molecular weight is 395 g/mol. The van der Waals surface area contributed by atoms with Crippen LogP contribution >= 0.6 is 0 Å². The standard InChI is InChI=1S/C27H38O2/c1-25-17-19(15-18-7-5-4-6-8-18)24(28)16-20(25)9-10-21-22(25)11-13-26(2)23(21)12-14-27(26,3)29/h4-8,15,20-24,28-29H,9-14,16-17H2,1-3H3/b19-15+. The Kier molecular flexibility index (Phi) is 4.57. The molecule has 0 heterocycles. The molecular formula is C27H38O2. The van der Waals surface area contributed by atoms with Crippen LogP contribution in [-0.2, 0) is 0 Å². The second-order valence-corrected chi connectivity index (χ2v) is 11.5. The summed E-state index contributed by atoms with van der Waals surface area (Å²) in [5, 5.41) is 22.1. The predicted octanol–water partition coefficient (Wildman–Crippen LogP) is 5.83. The maximum absolute atomic E-state index is 11.1. The number of aliphatic hydroxyl groups is 2. The van der Waals surface area contributed by atoms with Gasteiger partial charge in [-0.25, -0.2) is 0 Å². The Labute approximate surface area is 176 Å². The quantitative estimate of drug-likeness (QED) is 0.629. The third-order valence-electron chi connectivity index (χ3n) is 10.3. The molecule has 0 amide bonds. The molecule has 1 aromatic rings. The van der Waals surface area contributed by atoms with E-state index in [-0.39, 0.29) is 11.5 Å². The molecule has 4 saturated carbocycles. The summed E-state index contributed by atoms with van der Waals surface area (Å²) in [6, 6.07) is 10.5. The monoisotopic (exact) mass is 394 g/mol. The van der Waals surface area contributed by atoms with E-state index in [0.29, 0.717) is 17.3 Å². The number of rotatable bonds is 1. The van der Waals surface area contributed by atoms with Gasteiger partial charge in [0.2, 0.25) is 0 Å². The van der Waals surface area contributed by atoms with Crippen molar-refractivity contribution in [3.63, 3.8) is 0 Å². The van der Waals surface area contributed by atoms with Crippen molar-refractivity contribution in [1.82, 2.24) is 0 Å². The van der Waals surface area contributed by atoms with Crippen LogP contribution in [-0.4, -0.2) is 21.9 Å². The van der Waals surface area contributed by atoms with Gasteiger partial charge in [0.05, 0.1) is 11.7 Å². The SMILES string of the molecule is CC12C/C(=C\c3ccccc3)C(O)CC1CCC1C2CCC2(C)C1CCC2(C)O. The topological polar surface area (TPSA) is 40.5 Å². The van der Waals surface area contributed by atoms with E-state index in [1.807, 2.05) is 0 Å². The molecule has 4 aliphatic rings. The summed E-state index contributed by atoms with van der Waals surface area (Å²) < 4.78 is 0. The van der Waals surface area contributed by atoms with E-state index < -0.39 is 5.60 Å². The van der Waals surface area contributed by atoms with Gasteiger partial charge in [-0.3, -0.25) is 0 Å². The van der Waals surface area contributed by atoms with E-state index in [0.717, 1.165) is 37.5 Å². The molecule has 2 nitrogen and oxygen atoms in total. The van der Waals surface area contributed by atoms with Gasteiger partial charge in [-0.1, -0.05) is 50.3 Å². The van der Waals surface area contributed by atoms with Gasteiger partial charge in [-0.05, 0) is 104 Å².